The number of hydrogen-bond acceptors (Lipinski definition) is 4. The third-order valence-electron chi connectivity index (χ3n) is 2.72. The molecule has 104 valence electrons. The van der Waals surface area contributed by atoms with Crippen molar-refractivity contribution in [2.75, 3.05) is 26.5 Å². The van der Waals surface area contributed by atoms with Gasteiger partial charge >= 0.3 is 7.60 Å². The second kappa shape index (κ2) is 8.43. The lowest BCUT2D eigenvalue weighted by atomic mass is 10.4. The highest BCUT2D eigenvalue weighted by Crippen LogP contribution is 2.48. The lowest BCUT2D eigenvalue weighted by Gasteiger charge is -2.22. The summed E-state index contributed by atoms with van der Waals surface area (Å²) in [5.74, 6) is 0. The predicted molar refractivity (Wildman–Crippen MR) is 74.3 cm³/mol. The maximum atomic E-state index is 12.2. The summed E-state index contributed by atoms with van der Waals surface area (Å²) in [5, 5.41) is 0. The quantitative estimate of drug-likeness (QED) is 0.346. The van der Waals surface area contributed by atoms with E-state index < -0.39 is 15.9 Å². The van der Waals surface area contributed by atoms with Crippen molar-refractivity contribution in [3.63, 3.8) is 0 Å². The molecule has 0 saturated carbocycles. The van der Waals surface area contributed by atoms with Crippen LogP contribution in [0.2, 0.25) is 19.1 Å². The van der Waals surface area contributed by atoms with Gasteiger partial charge in [-0.15, -0.1) is 0 Å². The van der Waals surface area contributed by atoms with E-state index in [0.717, 1.165) is 18.9 Å². The summed E-state index contributed by atoms with van der Waals surface area (Å²) < 4.78 is 28.4. The van der Waals surface area contributed by atoms with Gasteiger partial charge in [-0.2, -0.15) is 0 Å². The molecule has 0 heterocycles. The smallest absolute Gasteiger partial charge is 0.330 e. The normalized spacial score (nSPS) is 15.8. The van der Waals surface area contributed by atoms with E-state index in [-0.39, 0.29) is 0 Å². The van der Waals surface area contributed by atoms with E-state index in [4.69, 9.17) is 13.5 Å². The Kier molecular flexibility index (Phi) is 8.59. The SMILES string of the molecule is CCCCOP(=O)(CC)OCC[Si](C)(C)OC. The zero-order chi connectivity index (χ0) is 13.4. The number of rotatable bonds is 10. The fraction of sp³-hybridized carbons (Fsp3) is 1.00. The third kappa shape index (κ3) is 8.11. The lowest BCUT2D eigenvalue weighted by molar-refractivity contribution is 0.208. The van der Waals surface area contributed by atoms with Crippen LogP contribution in [-0.2, 0) is 18.0 Å². The standard InChI is InChI=1S/C11H27O4PSi/c1-6-8-9-14-16(12,7-2)15-10-11-17(4,5)13-3/h6-11H2,1-5H3. The van der Waals surface area contributed by atoms with Gasteiger partial charge in [-0.3, -0.25) is 4.57 Å². The van der Waals surface area contributed by atoms with Gasteiger partial charge in [-0.05, 0) is 25.6 Å². The Morgan fingerprint density at radius 2 is 1.71 bits per heavy atom. The van der Waals surface area contributed by atoms with Gasteiger partial charge in [0.25, 0.3) is 0 Å². The van der Waals surface area contributed by atoms with Gasteiger partial charge in [0.1, 0.15) is 0 Å². The third-order valence-corrected chi connectivity index (χ3v) is 7.16. The fourth-order valence-corrected chi connectivity index (χ4v) is 3.29. The lowest BCUT2D eigenvalue weighted by Crippen LogP contribution is -2.29. The molecule has 0 aromatic heterocycles. The van der Waals surface area contributed by atoms with Crippen LogP contribution in [-0.4, -0.2) is 34.8 Å². The molecule has 1 atom stereocenters. The van der Waals surface area contributed by atoms with Crippen molar-refractivity contribution >= 4 is 15.9 Å². The highest BCUT2D eigenvalue weighted by Gasteiger charge is 2.25. The first-order valence-electron chi connectivity index (χ1n) is 6.32. The zero-order valence-electron chi connectivity index (χ0n) is 11.8. The maximum Gasteiger partial charge on any atom is 0.330 e. The minimum absolute atomic E-state index is 0.436. The highest BCUT2D eigenvalue weighted by molar-refractivity contribution is 7.53. The highest BCUT2D eigenvalue weighted by atomic mass is 31.2. The van der Waals surface area contributed by atoms with Crippen LogP contribution in [0, 0.1) is 0 Å². The van der Waals surface area contributed by atoms with Gasteiger partial charge in [-0.1, -0.05) is 20.3 Å². The summed E-state index contributed by atoms with van der Waals surface area (Å²) >= 11 is 0. The van der Waals surface area contributed by atoms with E-state index in [1.165, 1.54) is 0 Å². The average Bonchev–Trinajstić information content (AvgIpc) is 2.29. The van der Waals surface area contributed by atoms with E-state index in [1.807, 2.05) is 6.92 Å². The second-order valence-corrected chi connectivity index (χ2v) is 11.5. The van der Waals surface area contributed by atoms with E-state index in [2.05, 4.69) is 20.0 Å². The molecule has 0 aliphatic rings. The van der Waals surface area contributed by atoms with Gasteiger partial charge in [-0.25, -0.2) is 0 Å². The van der Waals surface area contributed by atoms with Crippen molar-refractivity contribution in [2.45, 2.75) is 45.8 Å². The molecule has 6 heteroatoms. The van der Waals surface area contributed by atoms with Crippen LogP contribution < -0.4 is 0 Å². The van der Waals surface area contributed by atoms with Crippen molar-refractivity contribution in [1.29, 1.82) is 0 Å². The molecule has 0 spiro atoms. The Bertz CT molecular complexity index is 246. The van der Waals surface area contributed by atoms with Crippen LogP contribution in [0.5, 0.6) is 0 Å². The van der Waals surface area contributed by atoms with Crippen molar-refractivity contribution in [2.24, 2.45) is 0 Å². The van der Waals surface area contributed by atoms with Gasteiger partial charge in [0.15, 0.2) is 8.32 Å². The summed E-state index contributed by atoms with van der Waals surface area (Å²) in [6.45, 7) is 9.13. The van der Waals surface area contributed by atoms with Crippen LogP contribution in [0.1, 0.15) is 26.7 Å². The minimum atomic E-state index is -2.86. The maximum absolute atomic E-state index is 12.2. The van der Waals surface area contributed by atoms with Crippen molar-refractivity contribution in [3.05, 3.63) is 0 Å². The first kappa shape index (κ1) is 17.3. The predicted octanol–water partition coefficient (Wildman–Crippen LogP) is 3.88. The molecule has 0 N–H and O–H groups in total. The van der Waals surface area contributed by atoms with Crippen LogP contribution in [0.15, 0.2) is 0 Å². The van der Waals surface area contributed by atoms with Crippen LogP contribution in [0.3, 0.4) is 0 Å². The minimum Gasteiger partial charge on any atom is -0.420 e. The first-order valence-corrected chi connectivity index (χ1v) is 11.2. The summed E-state index contributed by atoms with van der Waals surface area (Å²) in [5.41, 5.74) is 0. The van der Waals surface area contributed by atoms with Crippen LogP contribution in [0.25, 0.3) is 0 Å². The van der Waals surface area contributed by atoms with E-state index >= 15 is 0 Å². The molecule has 0 aromatic rings. The first-order chi connectivity index (χ1) is 7.89. The summed E-state index contributed by atoms with van der Waals surface area (Å²) in [6.07, 6.45) is 2.39. The van der Waals surface area contributed by atoms with Gasteiger partial charge < -0.3 is 13.5 Å². The Labute approximate surface area is 107 Å². The van der Waals surface area contributed by atoms with Crippen molar-refractivity contribution in [3.8, 4) is 0 Å². The Morgan fingerprint density at radius 1 is 1.12 bits per heavy atom. The molecule has 0 radical (unpaired) electrons. The molecule has 1 unspecified atom stereocenters. The summed E-state index contributed by atoms with van der Waals surface area (Å²) in [4.78, 5) is 0. The Morgan fingerprint density at radius 3 is 2.18 bits per heavy atom. The molecule has 0 aromatic carbocycles. The van der Waals surface area contributed by atoms with Crippen molar-refractivity contribution < 1.29 is 18.0 Å². The Balaban J connectivity index is 3.99. The molecule has 4 nitrogen and oxygen atoms in total. The molecule has 0 bridgehead atoms. The largest absolute Gasteiger partial charge is 0.420 e. The van der Waals surface area contributed by atoms with Gasteiger partial charge in [0, 0.05) is 13.3 Å². The van der Waals surface area contributed by atoms with E-state index in [9.17, 15) is 4.57 Å². The van der Waals surface area contributed by atoms with Crippen LogP contribution in [0.4, 0.5) is 0 Å². The number of hydrogen-bond donors (Lipinski definition) is 0. The summed E-state index contributed by atoms with van der Waals surface area (Å²) in [7, 11) is -2.76. The monoisotopic (exact) mass is 282 g/mol. The molecule has 0 rings (SSSR count). The number of unbranched alkanes of at least 4 members (excludes halogenated alkanes) is 1. The zero-order valence-corrected chi connectivity index (χ0v) is 13.7. The fourth-order valence-electron chi connectivity index (χ4n) is 1.10. The molecule has 0 aliphatic carbocycles. The second-order valence-electron chi connectivity index (χ2n) is 4.66. The van der Waals surface area contributed by atoms with Gasteiger partial charge in [0.2, 0.25) is 0 Å². The molecule has 0 saturated heterocycles. The molecule has 0 amide bonds. The molecule has 0 aliphatic heterocycles. The average molecular weight is 282 g/mol. The molecule has 17 heavy (non-hydrogen) atoms. The molecular weight excluding hydrogens is 255 g/mol. The molecule has 0 fully saturated rings. The van der Waals surface area contributed by atoms with E-state index in [0.29, 0.717) is 19.4 Å². The topological polar surface area (TPSA) is 44.8 Å². The van der Waals surface area contributed by atoms with Crippen LogP contribution >= 0.6 is 7.60 Å². The summed E-state index contributed by atoms with van der Waals surface area (Å²) in [6, 6.07) is 0.838. The van der Waals surface area contributed by atoms with Gasteiger partial charge in [0.05, 0.1) is 13.2 Å². The van der Waals surface area contributed by atoms with E-state index in [1.54, 1.807) is 7.11 Å². The molecular formula is C11H27O4PSi. The van der Waals surface area contributed by atoms with Crippen molar-refractivity contribution in [1.82, 2.24) is 0 Å². The Hall–Kier alpha value is 0.327.